The van der Waals surface area contributed by atoms with E-state index in [-0.39, 0.29) is 0 Å². The van der Waals surface area contributed by atoms with Gasteiger partial charge < -0.3 is 5.32 Å². The average molecular weight is 253 g/mol. The summed E-state index contributed by atoms with van der Waals surface area (Å²) in [6.07, 6.45) is 7.88. The predicted molar refractivity (Wildman–Crippen MR) is 69.3 cm³/mol. The number of hydrogen-bond donors (Lipinski definition) is 1. The Hall–Kier alpha value is -0.960. The molecular weight excluding hydrogens is 232 g/mol. The lowest BCUT2D eigenvalue weighted by Gasteiger charge is -2.21. The molecule has 1 aliphatic rings. The molecule has 1 saturated carbocycles. The molecule has 0 aromatic heterocycles. The van der Waals surface area contributed by atoms with Crippen LogP contribution in [0, 0.1) is 17.6 Å². The van der Waals surface area contributed by atoms with E-state index in [9.17, 15) is 8.78 Å². The van der Waals surface area contributed by atoms with E-state index in [0.717, 1.165) is 24.9 Å². The Morgan fingerprint density at radius 3 is 2.67 bits per heavy atom. The minimum atomic E-state index is -0.762. The Morgan fingerprint density at radius 2 is 1.89 bits per heavy atom. The molecule has 0 atom stereocenters. The highest BCUT2D eigenvalue weighted by Gasteiger charge is 2.13. The Balaban J connectivity index is 1.70. The smallest absolute Gasteiger partial charge is 0.163 e. The first-order valence-electron chi connectivity index (χ1n) is 6.91. The summed E-state index contributed by atoms with van der Waals surface area (Å²) in [5.41, 5.74) is 0.415. The SMILES string of the molecule is Fc1cccc(CNCCC2CCCCC2)c1F. The molecule has 1 N–H and O–H groups in total. The third kappa shape index (κ3) is 3.77. The van der Waals surface area contributed by atoms with Crippen LogP contribution < -0.4 is 5.32 Å². The maximum Gasteiger partial charge on any atom is 0.163 e. The normalized spacial score (nSPS) is 17.0. The molecule has 1 aromatic rings. The third-order valence-electron chi connectivity index (χ3n) is 3.80. The first-order valence-corrected chi connectivity index (χ1v) is 6.91. The highest BCUT2D eigenvalue weighted by Crippen LogP contribution is 2.25. The Labute approximate surface area is 108 Å². The zero-order chi connectivity index (χ0) is 12.8. The van der Waals surface area contributed by atoms with Crippen LogP contribution in [-0.4, -0.2) is 6.54 Å². The lowest BCUT2D eigenvalue weighted by Crippen LogP contribution is -2.19. The summed E-state index contributed by atoms with van der Waals surface area (Å²) in [5, 5.41) is 3.21. The fraction of sp³-hybridized carbons (Fsp3) is 0.600. The molecule has 1 aromatic carbocycles. The summed E-state index contributed by atoms with van der Waals surface area (Å²) < 4.78 is 26.3. The first kappa shape index (κ1) is 13.5. The molecule has 0 aliphatic heterocycles. The number of nitrogens with one attached hydrogen (secondary N) is 1. The van der Waals surface area contributed by atoms with Gasteiger partial charge >= 0.3 is 0 Å². The van der Waals surface area contributed by atoms with Gasteiger partial charge in [-0.15, -0.1) is 0 Å². The maximum atomic E-state index is 13.4. The van der Waals surface area contributed by atoms with Crippen LogP contribution in [0.15, 0.2) is 18.2 Å². The van der Waals surface area contributed by atoms with Crippen molar-refractivity contribution >= 4 is 0 Å². The summed E-state index contributed by atoms with van der Waals surface area (Å²) >= 11 is 0. The van der Waals surface area contributed by atoms with Crippen LogP contribution in [-0.2, 0) is 6.54 Å². The van der Waals surface area contributed by atoms with E-state index in [2.05, 4.69) is 5.32 Å². The standard InChI is InChI=1S/C15H21F2N/c16-14-8-4-7-13(15(14)17)11-18-10-9-12-5-2-1-3-6-12/h4,7-8,12,18H,1-3,5-6,9-11H2. The van der Waals surface area contributed by atoms with Crippen LogP contribution in [0.1, 0.15) is 44.1 Å². The number of rotatable bonds is 5. The molecule has 100 valence electrons. The molecule has 2 rings (SSSR count). The summed E-state index contributed by atoms with van der Waals surface area (Å²) in [4.78, 5) is 0. The van der Waals surface area contributed by atoms with Crippen LogP contribution in [0.3, 0.4) is 0 Å². The van der Waals surface area contributed by atoms with Gasteiger partial charge in [-0.25, -0.2) is 8.78 Å². The molecule has 0 radical (unpaired) electrons. The predicted octanol–water partition coefficient (Wildman–Crippen LogP) is 4.02. The van der Waals surface area contributed by atoms with Gasteiger partial charge in [-0.05, 0) is 24.9 Å². The molecule has 3 heteroatoms. The zero-order valence-electron chi connectivity index (χ0n) is 10.7. The molecular formula is C15H21F2N. The van der Waals surface area contributed by atoms with E-state index in [0.29, 0.717) is 12.1 Å². The van der Waals surface area contributed by atoms with E-state index in [1.165, 1.54) is 32.1 Å². The van der Waals surface area contributed by atoms with Gasteiger partial charge in [0.2, 0.25) is 0 Å². The lowest BCUT2D eigenvalue weighted by molar-refractivity contribution is 0.333. The number of benzene rings is 1. The highest BCUT2D eigenvalue weighted by atomic mass is 19.2. The van der Waals surface area contributed by atoms with E-state index in [1.54, 1.807) is 12.1 Å². The van der Waals surface area contributed by atoms with E-state index < -0.39 is 11.6 Å². The minimum absolute atomic E-state index is 0.413. The van der Waals surface area contributed by atoms with Crippen LogP contribution in [0.25, 0.3) is 0 Å². The molecule has 0 spiro atoms. The van der Waals surface area contributed by atoms with Gasteiger partial charge in [0, 0.05) is 12.1 Å². The second-order valence-corrected chi connectivity index (χ2v) is 5.18. The van der Waals surface area contributed by atoms with Crippen molar-refractivity contribution in [2.45, 2.75) is 45.1 Å². The maximum absolute atomic E-state index is 13.4. The van der Waals surface area contributed by atoms with E-state index in [4.69, 9.17) is 0 Å². The average Bonchev–Trinajstić information content (AvgIpc) is 2.40. The topological polar surface area (TPSA) is 12.0 Å². The Morgan fingerprint density at radius 1 is 1.11 bits per heavy atom. The summed E-state index contributed by atoms with van der Waals surface area (Å²) in [7, 11) is 0. The van der Waals surface area contributed by atoms with Gasteiger partial charge in [-0.3, -0.25) is 0 Å². The van der Waals surface area contributed by atoms with Gasteiger partial charge in [-0.1, -0.05) is 44.2 Å². The van der Waals surface area contributed by atoms with Gasteiger partial charge in [0.05, 0.1) is 0 Å². The Kier molecular flexibility index (Phi) is 5.12. The lowest BCUT2D eigenvalue weighted by atomic mass is 9.87. The second kappa shape index (κ2) is 6.83. The van der Waals surface area contributed by atoms with E-state index in [1.807, 2.05) is 0 Å². The van der Waals surface area contributed by atoms with Crippen molar-refractivity contribution in [3.63, 3.8) is 0 Å². The van der Waals surface area contributed by atoms with E-state index >= 15 is 0 Å². The highest BCUT2D eigenvalue weighted by molar-refractivity contribution is 5.18. The monoisotopic (exact) mass is 253 g/mol. The fourth-order valence-electron chi connectivity index (χ4n) is 2.69. The third-order valence-corrected chi connectivity index (χ3v) is 3.80. The van der Waals surface area contributed by atoms with Crippen molar-refractivity contribution in [1.82, 2.24) is 5.32 Å². The summed E-state index contributed by atoms with van der Waals surface area (Å²) in [6, 6.07) is 4.34. The molecule has 0 saturated heterocycles. The fourth-order valence-corrected chi connectivity index (χ4v) is 2.69. The van der Waals surface area contributed by atoms with Crippen LogP contribution in [0.2, 0.25) is 0 Å². The molecule has 1 fully saturated rings. The molecule has 0 amide bonds. The molecule has 1 aliphatic carbocycles. The molecule has 18 heavy (non-hydrogen) atoms. The summed E-state index contributed by atoms with van der Waals surface area (Å²) in [6.45, 7) is 1.30. The van der Waals surface area contributed by atoms with Crippen LogP contribution in [0.5, 0.6) is 0 Å². The quantitative estimate of drug-likeness (QED) is 0.781. The second-order valence-electron chi connectivity index (χ2n) is 5.18. The molecule has 0 heterocycles. The van der Waals surface area contributed by atoms with Crippen molar-refractivity contribution in [2.75, 3.05) is 6.54 Å². The van der Waals surface area contributed by atoms with Crippen molar-refractivity contribution in [1.29, 1.82) is 0 Å². The van der Waals surface area contributed by atoms with Crippen molar-refractivity contribution in [3.05, 3.63) is 35.4 Å². The van der Waals surface area contributed by atoms with Gasteiger partial charge in [-0.2, -0.15) is 0 Å². The number of halogens is 2. The first-order chi connectivity index (χ1) is 8.77. The van der Waals surface area contributed by atoms with Crippen molar-refractivity contribution < 1.29 is 8.78 Å². The zero-order valence-corrected chi connectivity index (χ0v) is 10.7. The van der Waals surface area contributed by atoms with Crippen LogP contribution in [0.4, 0.5) is 8.78 Å². The molecule has 0 unspecified atom stereocenters. The number of hydrogen-bond acceptors (Lipinski definition) is 1. The molecule has 1 nitrogen and oxygen atoms in total. The molecule has 0 bridgehead atoms. The van der Waals surface area contributed by atoms with Gasteiger partial charge in [0.1, 0.15) is 0 Å². The van der Waals surface area contributed by atoms with Crippen molar-refractivity contribution in [2.24, 2.45) is 5.92 Å². The van der Waals surface area contributed by atoms with Gasteiger partial charge in [0.15, 0.2) is 11.6 Å². The van der Waals surface area contributed by atoms with Crippen molar-refractivity contribution in [3.8, 4) is 0 Å². The minimum Gasteiger partial charge on any atom is -0.313 e. The Bertz CT molecular complexity index is 373. The summed E-state index contributed by atoms with van der Waals surface area (Å²) in [5.74, 6) is -0.659. The van der Waals surface area contributed by atoms with Gasteiger partial charge in [0.25, 0.3) is 0 Å². The van der Waals surface area contributed by atoms with Crippen LogP contribution >= 0.6 is 0 Å². The largest absolute Gasteiger partial charge is 0.313 e.